The van der Waals surface area contributed by atoms with Crippen molar-refractivity contribution in [3.63, 3.8) is 0 Å². The molecule has 1 fully saturated rings. The third-order valence-corrected chi connectivity index (χ3v) is 7.03. The predicted octanol–water partition coefficient (Wildman–Crippen LogP) is 5.01. The van der Waals surface area contributed by atoms with E-state index in [0.29, 0.717) is 0 Å². The number of hydrogen-bond donors (Lipinski definition) is 0. The summed E-state index contributed by atoms with van der Waals surface area (Å²) in [4.78, 5) is 2.57. The second kappa shape index (κ2) is 10.0. The molecule has 174 valence electrons. The first-order chi connectivity index (χ1) is 16.2. The molecule has 5 rings (SSSR count). The number of pyridine rings is 1. The molecule has 1 saturated heterocycles. The first-order valence-corrected chi connectivity index (χ1v) is 12.3. The highest BCUT2D eigenvalue weighted by atomic mass is 16.5. The summed E-state index contributed by atoms with van der Waals surface area (Å²) < 4.78 is 19.7. The number of likely N-dealkylation sites (tertiary alicyclic amines) is 1. The molecule has 0 spiro atoms. The number of nitrogens with zero attached hydrogens (tertiary/aromatic N) is 2. The summed E-state index contributed by atoms with van der Waals surface area (Å²) in [6.45, 7) is 5.46. The minimum absolute atomic E-state index is 0.768. The monoisotopic (exact) mass is 447 g/mol. The van der Waals surface area contributed by atoms with Gasteiger partial charge in [0.2, 0.25) is 0 Å². The van der Waals surface area contributed by atoms with Gasteiger partial charge < -0.3 is 19.1 Å². The van der Waals surface area contributed by atoms with Gasteiger partial charge in [-0.2, -0.15) is 0 Å². The smallest absolute Gasteiger partial charge is 0.189 e. The Hall–Kier alpha value is -2.79. The Bertz CT molecular complexity index is 1100. The maximum atomic E-state index is 6.21. The highest BCUT2D eigenvalue weighted by molar-refractivity contribution is 5.97. The van der Waals surface area contributed by atoms with Crippen LogP contribution in [0.2, 0.25) is 0 Å². The van der Waals surface area contributed by atoms with Crippen LogP contribution in [0.15, 0.2) is 42.6 Å². The van der Waals surface area contributed by atoms with Crippen LogP contribution in [0.3, 0.4) is 0 Å². The van der Waals surface area contributed by atoms with E-state index in [0.717, 1.165) is 55.4 Å². The van der Waals surface area contributed by atoms with E-state index in [9.17, 15) is 0 Å². The van der Waals surface area contributed by atoms with E-state index in [1.165, 1.54) is 60.8 Å². The van der Waals surface area contributed by atoms with Crippen LogP contribution in [0.25, 0.3) is 21.9 Å². The first-order valence-electron chi connectivity index (χ1n) is 12.3. The lowest BCUT2D eigenvalue weighted by molar-refractivity contribution is -0.688. The van der Waals surface area contributed by atoms with Crippen molar-refractivity contribution in [1.29, 1.82) is 0 Å². The fraction of sp³-hybridized carbons (Fsp3) is 0.464. The maximum absolute atomic E-state index is 6.21. The molecule has 0 amide bonds. The zero-order valence-corrected chi connectivity index (χ0v) is 19.9. The average Bonchev–Trinajstić information content (AvgIpc) is 3.35. The van der Waals surface area contributed by atoms with Crippen LogP contribution in [0.4, 0.5) is 0 Å². The van der Waals surface area contributed by atoms with Gasteiger partial charge in [-0.3, -0.25) is 0 Å². The second-order valence-electron chi connectivity index (χ2n) is 9.20. The van der Waals surface area contributed by atoms with Crippen LogP contribution in [0.5, 0.6) is 17.2 Å². The maximum Gasteiger partial charge on any atom is 0.189 e. The summed E-state index contributed by atoms with van der Waals surface area (Å²) in [7, 11) is 3.39. The van der Waals surface area contributed by atoms with E-state index in [2.05, 4.69) is 46.0 Å². The van der Waals surface area contributed by atoms with E-state index >= 15 is 0 Å². The number of ether oxygens (including phenoxy) is 3. The van der Waals surface area contributed by atoms with Gasteiger partial charge in [-0.1, -0.05) is 6.42 Å². The van der Waals surface area contributed by atoms with Crippen molar-refractivity contribution in [2.75, 3.05) is 40.5 Å². The predicted molar refractivity (Wildman–Crippen MR) is 131 cm³/mol. The quantitative estimate of drug-likeness (QED) is 0.359. The molecule has 1 aromatic heterocycles. The summed E-state index contributed by atoms with van der Waals surface area (Å²) >= 11 is 0. The van der Waals surface area contributed by atoms with Crippen molar-refractivity contribution in [3.8, 4) is 28.4 Å². The normalized spacial score (nSPS) is 16.1. The number of rotatable bonds is 8. The number of piperidine rings is 1. The number of benzene rings is 2. The Morgan fingerprint density at radius 3 is 2.39 bits per heavy atom. The van der Waals surface area contributed by atoms with Gasteiger partial charge in [0.25, 0.3) is 0 Å². The molecule has 3 heterocycles. The van der Waals surface area contributed by atoms with E-state index in [4.69, 9.17) is 14.2 Å². The third kappa shape index (κ3) is 4.79. The Kier molecular flexibility index (Phi) is 6.68. The number of aromatic nitrogens is 1. The van der Waals surface area contributed by atoms with Gasteiger partial charge in [0.1, 0.15) is 23.8 Å². The highest BCUT2D eigenvalue weighted by Gasteiger charge is 2.25. The number of fused-ring (bicyclic) bond motifs is 3. The topological polar surface area (TPSA) is 34.8 Å². The molecule has 2 aliphatic rings. The Balaban J connectivity index is 1.42. The molecule has 5 nitrogen and oxygen atoms in total. The molecule has 0 bridgehead atoms. The van der Waals surface area contributed by atoms with Crippen LogP contribution in [-0.2, 0) is 13.0 Å². The molecule has 33 heavy (non-hydrogen) atoms. The van der Waals surface area contributed by atoms with Crippen LogP contribution in [-0.4, -0.2) is 45.4 Å². The standard InChI is InChI=1S/C28H35N2O3/c1-31-23-16-21(17-24(18-23)32-2)27-20-30-14-6-8-28(30)26-19-22(9-10-25(26)27)33-15-7-13-29-11-4-3-5-12-29/h9-10,16-20H,3-8,11-15H2,1-2H3/q+1. The minimum Gasteiger partial charge on any atom is -0.497 e. The first kappa shape index (κ1) is 22.0. The molecule has 0 N–H and O–H groups in total. The van der Waals surface area contributed by atoms with Crippen molar-refractivity contribution >= 4 is 10.8 Å². The second-order valence-corrected chi connectivity index (χ2v) is 9.20. The molecule has 3 aromatic rings. The molecule has 0 aliphatic carbocycles. The lowest BCUT2D eigenvalue weighted by Crippen LogP contribution is -2.33. The van der Waals surface area contributed by atoms with Gasteiger partial charge >= 0.3 is 0 Å². The van der Waals surface area contributed by atoms with Gasteiger partial charge in [-0.25, -0.2) is 4.57 Å². The van der Waals surface area contributed by atoms with Crippen molar-refractivity contribution in [3.05, 3.63) is 48.3 Å². The van der Waals surface area contributed by atoms with Gasteiger partial charge in [0.15, 0.2) is 11.9 Å². The van der Waals surface area contributed by atoms with Crippen LogP contribution < -0.4 is 18.8 Å². The Morgan fingerprint density at radius 1 is 0.848 bits per heavy atom. The summed E-state index contributed by atoms with van der Waals surface area (Å²) in [6.07, 6.45) is 9.73. The van der Waals surface area contributed by atoms with Gasteiger partial charge in [0.05, 0.1) is 31.8 Å². The molecule has 0 atom stereocenters. The number of aryl methyl sites for hydroxylation is 2. The molecule has 5 heteroatoms. The molecular formula is C28H35N2O3+. The molecule has 2 aromatic carbocycles. The third-order valence-electron chi connectivity index (χ3n) is 7.03. The zero-order valence-electron chi connectivity index (χ0n) is 19.9. The van der Waals surface area contributed by atoms with E-state index in [1.807, 2.05) is 6.07 Å². The molecule has 0 saturated carbocycles. The lowest BCUT2D eigenvalue weighted by Gasteiger charge is -2.26. The fourth-order valence-corrected chi connectivity index (χ4v) is 5.29. The summed E-state index contributed by atoms with van der Waals surface area (Å²) in [5, 5.41) is 2.54. The number of hydrogen-bond acceptors (Lipinski definition) is 4. The number of methoxy groups -OCH3 is 2. The van der Waals surface area contributed by atoms with Gasteiger partial charge in [-0.05, 0) is 68.2 Å². The Labute approximate surface area is 196 Å². The highest BCUT2D eigenvalue weighted by Crippen LogP contribution is 2.36. The summed E-state index contributed by atoms with van der Waals surface area (Å²) in [5.41, 5.74) is 3.71. The van der Waals surface area contributed by atoms with E-state index in [-0.39, 0.29) is 0 Å². The van der Waals surface area contributed by atoms with Crippen molar-refractivity contribution in [2.45, 2.75) is 45.1 Å². The molecule has 0 radical (unpaired) electrons. The van der Waals surface area contributed by atoms with E-state index in [1.54, 1.807) is 14.2 Å². The van der Waals surface area contributed by atoms with Gasteiger partial charge in [-0.15, -0.1) is 0 Å². The summed E-state index contributed by atoms with van der Waals surface area (Å²) in [5.74, 6) is 2.57. The van der Waals surface area contributed by atoms with Crippen molar-refractivity contribution in [1.82, 2.24) is 4.90 Å². The van der Waals surface area contributed by atoms with Crippen LogP contribution in [0.1, 0.15) is 37.8 Å². The van der Waals surface area contributed by atoms with Crippen LogP contribution >= 0.6 is 0 Å². The SMILES string of the molecule is COc1cc(OC)cc(-c2c[n+]3c(c4cc(OCCCN5CCCCC5)ccc24)CCC3)c1. The zero-order chi connectivity index (χ0) is 22.6. The Morgan fingerprint density at radius 2 is 1.64 bits per heavy atom. The van der Waals surface area contributed by atoms with Crippen molar-refractivity contribution in [2.24, 2.45) is 0 Å². The minimum atomic E-state index is 0.768. The molecule has 0 unspecified atom stereocenters. The average molecular weight is 448 g/mol. The largest absolute Gasteiger partial charge is 0.497 e. The molecule has 2 aliphatic heterocycles. The van der Waals surface area contributed by atoms with E-state index < -0.39 is 0 Å². The summed E-state index contributed by atoms with van der Waals surface area (Å²) in [6, 6.07) is 12.7. The fourth-order valence-electron chi connectivity index (χ4n) is 5.29. The van der Waals surface area contributed by atoms with Gasteiger partial charge in [0, 0.05) is 30.8 Å². The van der Waals surface area contributed by atoms with Crippen LogP contribution in [0, 0.1) is 0 Å². The lowest BCUT2D eigenvalue weighted by atomic mass is 9.98. The molecular weight excluding hydrogens is 412 g/mol. The van der Waals surface area contributed by atoms with Crippen molar-refractivity contribution < 1.29 is 18.8 Å².